The van der Waals surface area contributed by atoms with Crippen molar-refractivity contribution in [3.63, 3.8) is 0 Å². The third-order valence-electron chi connectivity index (χ3n) is 1.79. The molecule has 1 aromatic rings. The summed E-state index contributed by atoms with van der Waals surface area (Å²) in [6.45, 7) is 2.10. The molecule has 5 heteroatoms. The molecule has 0 saturated carbocycles. The fourth-order valence-corrected chi connectivity index (χ4v) is 1.16. The van der Waals surface area contributed by atoms with Crippen LogP contribution in [0.4, 0.5) is 0 Å². The molecular weight excluding hydrogens is 210 g/mol. The molecule has 16 heavy (non-hydrogen) atoms. The molecule has 0 radical (unpaired) electrons. The smallest absolute Gasteiger partial charge is 0.255 e. The zero-order chi connectivity index (χ0) is 12.0. The van der Waals surface area contributed by atoms with Crippen LogP contribution >= 0.6 is 0 Å². The highest BCUT2D eigenvalue weighted by Gasteiger charge is 2.06. The van der Waals surface area contributed by atoms with Gasteiger partial charge in [0.25, 0.3) is 5.91 Å². The topological polar surface area (TPSA) is 78.6 Å². The first-order valence-electron chi connectivity index (χ1n) is 4.80. The molecule has 0 heterocycles. The van der Waals surface area contributed by atoms with E-state index in [9.17, 15) is 9.59 Å². The van der Waals surface area contributed by atoms with E-state index in [1.165, 1.54) is 0 Å². The van der Waals surface area contributed by atoms with Crippen molar-refractivity contribution in [3.05, 3.63) is 23.8 Å². The van der Waals surface area contributed by atoms with Gasteiger partial charge in [0.2, 0.25) is 0 Å². The van der Waals surface area contributed by atoms with Gasteiger partial charge in [-0.15, -0.1) is 0 Å². The van der Waals surface area contributed by atoms with Crippen LogP contribution in [-0.4, -0.2) is 25.4 Å². The molecule has 1 rings (SSSR count). The Kier molecular flexibility index (Phi) is 4.32. The Hall–Kier alpha value is -2.04. The largest absolute Gasteiger partial charge is 0.494 e. The van der Waals surface area contributed by atoms with Crippen molar-refractivity contribution in [3.8, 4) is 11.5 Å². The monoisotopic (exact) mass is 223 g/mol. The lowest BCUT2D eigenvalue weighted by molar-refractivity contribution is -0.119. The highest BCUT2D eigenvalue weighted by molar-refractivity contribution is 5.81. The number of nitrogens with two attached hydrogens (primary N) is 1. The molecule has 0 spiro atoms. The van der Waals surface area contributed by atoms with Crippen LogP contribution in [0.3, 0.4) is 0 Å². The van der Waals surface area contributed by atoms with Crippen molar-refractivity contribution < 1.29 is 19.1 Å². The molecular formula is C11H13NO4. The molecule has 0 aliphatic rings. The molecule has 0 aliphatic heterocycles. The van der Waals surface area contributed by atoms with E-state index in [1.807, 2.05) is 6.92 Å². The number of primary amides is 1. The van der Waals surface area contributed by atoms with Crippen LogP contribution in [-0.2, 0) is 4.79 Å². The summed E-state index contributed by atoms with van der Waals surface area (Å²) in [5.74, 6) is 0.305. The molecule has 0 aliphatic carbocycles. The van der Waals surface area contributed by atoms with E-state index < -0.39 is 5.91 Å². The zero-order valence-corrected chi connectivity index (χ0v) is 8.93. The van der Waals surface area contributed by atoms with Crippen LogP contribution in [0.15, 0.2) is 18.2 Å². The van der Waals surface area contributed by atoms with Crippen LogP contribution in [0, 0.1) is 0 Å². The summed E-state index contributed by atoms with van der Waals surface area (Å²) in [5, 5.41) is 0. The first-order valence-corrected chi connectivity index (χ1v) is 4.80. The van der Waals surface area contributed by atoms with Gasteiger partial charge in [0, 0.05) is 0 Å². The van der Waals surface area contributed by atoms with Crippen molar-refractivity contribution in [2.45, 2.75) is 6.92 Å². The Morgan fingerprint density at radius 1 is 1.44 bits per heavy atom. The van der Waals surface area contributed by atoms with Crippen LogP contribution in [0.5, 0.6) is 11.5 Å². The van der Waals surface area contributed by atoms with E-state index >= 15 is 0 Å². The van der Waals surface area contributed by atoms with Crippen molar-refractivity contribution >= 4 is 12.2 Å². The van der Waals surface area contributed by atoms with Gasteiger partial charge in [-0.05, 0) is 25.1 Å². The predicted molar refractivity (Wildman–Crippen MR) is 57.7 cm³/mol. The molecule has 0 saturated heterocycles. The SMILES string of the molecule is CCOc1ccc(OCC(N)=O)c(C=O)c1. The van der Waals surface area contributed by atoms with E-state index in [4.69, 9.17) is 15.2 Å². The number of carbonyl (C=O) groups excluding carboxylic acids is 2. The third-order valence-corrected chi connectivity index (χ3v) is 1.79. The summed E-state index contributed by atoms with van der Waals surface area (Å²) < 4.78 is 10.3. The summed E-state index contributed by atoms with van der Waals surface area (Å²) in [4.78, 5) is 21.3. The summed E-state index contributed by atoms with van der Waals surface area (Å²) in [5.41, 5.74) is 5.26. The standard InChI is InChI=1S/C11H13NO4/c1-2-15-9-3-4-10(8(5-9)6-13)16-7-11(12)14/h3-6H,2,7H2,1H3,(H2,12,14). The average Bonchev–Trinajstić information content (AvgIpc) is 2.27. The lowest BCUT2D eigenvalue weighted by Gasteiger charge is -2.08. The molecule has 0 aromatic heterocycles. The Morgan fingerprint density at radius 3 is 2.75 bits per heavy atom. The van der Waals surface area contributed by atoms with Crippen LogP contribution in [0.25, 0.3) is 0 Å². The van der Waals surface area contributed by atoms with Gasteiger partial charge in [-0.3, -0.25) is 9.59 Å². The van der Waals surface area contributed by atoms with Gasteiger partial charge < -0.3 is 15.2 Å². The number of hydrogen-bond acceptors (Lipinski definition) is 4. The van der Waals surface area contributed by atoms with E-state index in [2.05, 4.69) is 0 Å². The van der Waals surface area contributed by atoms with Gasteiger partial charge in [0.1, 0.15) is 11.5 Å². The first-order chi connectivity index (χ1) is 7.67. The molecule has 5 nitrogen and oxygen atoms in total. The zero-order valence-electron chi connectivity index (χ0n) is 8.93. The van der Waals surface area contributed by atoms with E-state index in [0.717, 1.165) is 0 Å². The first kappa shape index (κ1) is 12.0. The molecule has 1 amide bonds. The van der Waals surface area contributed by atoms with Crippen molar-refractivity contribution in [2.24, 2.45) is 5.73 Å². The van der Waals surface area contributed by atoms with E-state index in [0.29, 0.717) is 30.0 Å². The van der Waals surface area contributed by atoms with E-state index in [-0.39, 0.29) is 6.61 Å². The Balaban J connectivity index is 2.84. The fourth-order valence-electron chi connectivity index (χ4n) is 1.16. The second kappa shape index (κ2) is 5.75. The van der Waals surface area contributed by atoms with Gasteiger partial charge in [-0.1, -0.05) is 0 Å². The number of ether oxygens (including phenoxy) is 2. The quantitative estimate of drug-likeness (QED) is 0.722. The van der Waals surface area contributed by atoms with Crippen molar-refractivity contribution in [1.82, 2.24) is 0 Å². The van der Waals surface area contributed by atoms with Gasteiger partial charge in [0.15, 0.2) is 12.9 Å². The number of rotatable bonds is 6. The number of carbonyl (C=O) groups is 2. The number of hydrogen-bond donors (Lipinski definition) is 1. The molecule has 1 aromatic carbocycles. The second-order valence-corrected chi connectivity index (χ2v) is 3.01. The van der Waals surface area contributed by atoms with Crippen LogP contribution in [0.1, 0.15) is 17.3 Å². The van der Waals surface area contributed by atoms with Gasteiger partial charge in [0.05, 0.1) is 12.2 Å². The summed E-state index contributed by atoms with van der Waals surface area (Å²) in [7, 11) is 0. The molecule has 0 bridgehead atoms. The Bertz CT molecular complexity index is 390. The molecule has 0 unspecified atom stereocenters. The fraction of sp³-hybridized carbons (Fsp3) is 0.273. The molecule has 2 N–H and O–H groups in total. The summed E-state index contributed by atoms with van der Waals surface area (Å²) >= 11 is 0. The summed E-state index contributed by atoms with van der Waals surface area (Å²) in [6, 6.07) is 4.78. The Labute approximate surface area is 93.1 Å². The third kappa shape index (κ3) is 3.27. The lowest BCUT2D eigenvalue weighted by atomic mass is 10.2. The Morgan fingerprint density at radius 2 is 2.19 bits per heavy atom. The number of benzene rings is 1. The highest BCUT2D eigenvalue weighted by Crippen LogP contribution is 2.22. The summed E-state index contributed by atoms with van der Waals surface area (Å²) in [6.07, 6.45) is 0.638. The van der Waals surface area contributed by atoms with E-state index in [1.54, 1.807) is 18.2 Å². The highest BCUT2D eigenvalue weighted by atomic mass is 16.5. The maximum atomic E-state index is 10.8. The van der Waals surface area contributed by atoms with Gasteiger partial charge >= 0.3 is 0 Å². The average molecular weight is 223 g/mol. The minimum Gasteiger partial charge on any atom is -0.494 e. The van der Waals surface area contributed by atoms with Gasteiger partial charge in [-0.2, -0.15) is 0 Å². The number of amides is 1. The molecule has 0 fully saturated rings. The van der Waals surface area contributed by atoms with Crippen LogP contribution in [0.2, 0.25) is 0 Å². The second-order valence-electron chi connectivity index (χ2n) is 3.01. The van der Waals surface area contributed by atoms with Crippen molar-refractivity contribution in [2.75, 3.05) is 13.2 Å². The number of aldehydes is 1. The normalized spacial score (nSPS) is 9.56. The predicted octanol–water partition coefficient (Wildman–Crippen LogP) is 0.762. The minimum atomic E-state index is -0.592. The molecule has 86 valence electrons. The lowest BCUT2D eigenvalue weighted by Crippen LogP contribution is -2.20. The van der Waals surface area contributed by atoms with Crippen LogP contribution < -0.4 is 15.2 Å². The van der Waals surface area contributed by atoms with Gasteiger partial charge in [-0.25, -0.2) is 0 Å². The maximum Gasteiger partial charge on any atom is 0.255 e. The maximum absolute atomic E-state index is 10.8. The molecule has 0 atom stereocenters. The minimum absolute atomic E-state index is 0.255. The van der Waals surface area contributed by atoms with Crippen molar-refractivity contribution in [1.29, 1.82) is 0 Å².